The van der Waals surface area contributed by atoms with Gasteiger partial charge in [-0.15, -0.1) is 0 Å². The van der Waals surface area contributed by atoms with E-state index < -0.39 is 0 Å². The summed E-state index contributed by atoms with van der Waals surface area (Å²) in [5, 5.41) is 3.16. The summed E-state index contributed by atoms with van der Waals surface area (Å²) in [4.78, 5) is 14.7. The number of rotatable bonds is 6. The molecule has 0 aromatic rings. The molecule has 118 valence electrons. The van der Waals surface area contributed by atoms with Crippen LogP contribution in [0.15, 0.2) is 0 Å². The molecule has 0 saturated heterocycles. The molecule has 4 heteroatoms. The van der Waals surface area contributed by atoms with Gasteiger partial charge in [0.1, 0.15) is 0 Å². The molecular formula is C16H33N3O. The summed E-state index contributed by atoms with van der Waals surface area (Å²) in [6.07, 6.45) is 4.10. The number of carbonyl (C=O) groups is 1. The van der Waals surface area contributed by atoms with Gasteiger partial charge in [-0.25, -0.2) is 0 Å². The molecule has 0 aromatic heterocycles. The van der Waals surface area contributed by atoms with Gasteiger partial charge in [-0.2, -0.15) is 0 Å². The lowest BCUT2D eigenvalue weighted by atomic mass is 9.70. The zero-order valence-electron chi connectivity index (χ0n) is 14.0. The lowest BCUT2D eigenvalue weighted by Crippen LogP contribution is -2.50. The quantitative estimate of drug-likeness (QED) is 0.782. The zero-order chi connectivity index (χ0) is 15.4. The van der Waals surface area contributed by atoms with Crippen LogP contribution in [0.25, 0.3) is 0 Å². The normalized spacial score (nSPS) is 27.6. The van der Waals surface area contributed by atoms with Crippen LogP contribution in [-0.2, 0) is 4.79 Å². The van der Waals surface area contributed by atoms with Gasteiger partial charge in [0.25, 0.3) is 0 Å². The van der Waals surface area contributed by atoms with Crippen LogP contribution in [0.5, 0.6) is 0 Å². The van der Waals surface area contributed by atoms with Gasteiger partial charge in [-0.1, -0.05) is 20.8 Å². The molecule has 0 atom stereocenters. The molecule has 20 heavy (non-hydrogen) atoms. The molecule has 4 nitrogen and oxygen atoms in total. The van der Waals surface area contributed by atoms with E-state index in [4.69, 9.17) is 5.73 Å². The van der Waals surface area contributed by atoms with E-state index in [-0.39, 0.29) is 16.7 Å². The third-order valence-electron chi connectivity index (χ3n) is 4.58. The molecule has 0 aliphatic heterocycles. The number of hydrogen-bond acceptors (Lipinski definition) is 3. The van der Waals surface area contributed by atoms with Gasteiger partial charge in [-0.05, 0) is 51.1 Å². The molecule has 3 N–H and O–H groups in total. The van der Waals surface area contributed by atoms with E-state index in [0.717, 1.165) is 38.1 Å². The van der Waals surface area contributed by atoms with Gasteiger partial charge >= 0.3 is 0 Å². The summed E-state index contributed by atoms with van der Waals surface area (Å²) in [7, 11) is 4.13. The highest BCUT2D eigenvalue weighted by atomic mass is 16.2. The van der Waals surface area contributed by atoms with Crippen molar-refractivity contribution in [1.82, 2.24) is 10.2 Å². The average Bonchev–Trinajstić information content (AvgIpc) is 2.36. The van der Waals surface area contributed by atoms with Crippen LogP contribution in [0.1, 0.15) is 46.5 Å². The first-order valence-electron chi connectivity index (χ1n) is 7.84. The van der Waals surface area contributed by atoms with Crippen molar-refractivity contribution in [1.29, 1.82) is 0 Å². The third-order valence-corrected chi connectivity index (χ3v) is 4.58. The molecular weight excluding hydrogens is 250 g/mol. The summed E-state index contributed by atoms with van der Waals surface area (Å²) in [5.41, 5.74) is 5.70. The molecule has 0 radical (unpaired) electrons. The lowest BCUT2D eigenvalue weighted by molar-refractivity contribution is -0.133. The molecule has 1 rings (SSSR count). The fraction of sp³-hybridized carbons (Fsp3) is 0.938. The molecule has 1 aliphatic rings. The maximum absolute atomic E-state index is 12.6. The third kappa shape index (κ3) is 4.74. The van der Waals surface area contributed by atoms with Crippen molar-refractivity contribution in [3.05, 3.63) is 0 Å². The Bertz CT molecular complexity index is 318. The van der Waals surface area contributed by atoms with Crippen molar-refractivity contribution in [2.45, 2.75) is 46.5 Å². The molecule has 0 spiro atoms. The van der Waals surface area contributed by atoms with Crippen molar-refractivity contribution in [3.63, 3.8) is 0 Å². The fourth-order valence-corrected chi connectivity index (χ4v) is 3.26. The lowest BCUT2D eigenvalue weighted by Gasteiger charge is -2.38. The maximum atomic E-state index is 12.6. The van der Waals surface area contributed by atoms with Crippen LogP contribution < -0.4 is 11.1 Å². The number of amides is 1. The molecule has 1 fully saturated rings. The highest BCUT2D eigenvalue weighted by Gasteiger charge is 2.40. The van der Waals surface area contributed by atoms with Crippen LogP contribution in [0.2, 0.25) is 0 Å². The Hall–Kier alpha value is -0.610. The second kappa shape index (κ2) is 6.90. The van der Waals surface area contributed by atoms with E-state index in [9.17, 15) is 4.79 Å². The van der Waals surface area contributed by atoms with E-state index >= 15 is 0 Å². The summed E-state index contributed by atoms with van der Waals surface area (Å²) in [5.74, 6) is 0.895. The minimum atomic E-state index is -0.319. The van der Waals surface area contributed by atoms with Crippen molar-refractivity contribution in [2.75, 3.05) is 33.7 Å². The molecule has 1 amide bonds. The highest BCUT2D eigenvalue weighted by molar-refractivity contribution is 5.83. The first-order chi connectivity index (χ1) is 9.21. The van der Waals surface area contributed by atoms with E-state index in [1.165, 1.54) is 0 Å². The Balaban J connectivity index is 2.56. The SMILES string of the molecule is CC1CCC(CN)(C(=O)NCC(C)(C)CN(C)C)CC1. The zero-order valence-corrected chi connectivity index (χ0v) is 14.0. The minimum absolute atomic E-state index is 0.0803. The van der Waals surface area contributed by atoms with Crippen LogP contribution in [-0.4, -0.2) is 44.5 Å². The number of nitrogens with two attached hydrogens (primary N) is 1. The van der Waals surface area contributed by atoms with Crippen molar-refractivity contribution >= 4 is 5.91 Å². The van der Waals surface area contributed by atoms with Gasteiger partial charge in [0.2, 0.25) is 5.91 Å². The van der Waals surface area contributed by atoms with Crippen LogP contribution in [0.3, 0.4) is 0 Å². The van der Waals surface area contributed by atoms with Crippen molar-refractivity contribution < 1.29 is 4.79 Å². The summed E-state index contributed by atoms with van der Waals surface area (Å²) in [6, 6.07) is 0. The Morgan fingerprint density at radius 3 is 2.35 bits per heavy atom. The molecule has 1 aliphatic carbocycles. The predicted molar refractivity (Wildman–Crippen MR) is 84.5 cm³/mol. The standard InChI is InChI=1S/C16H33N3O/c1-13-6-8-16(10-17,9-7-13)14(20)18-11-15(2,3)12-19(4)5/h13H,6-12,17H2,1-5H3,(H,18,20). The Labute approximate surface area is 124 Å². The van der Waals surface area contributed by atoms with Gasteiger partial charge < -0.3 is 16.0 Å². The first-order valence-corrected chi connectivity index (χ1v) is 7.84. The predicted octanol–water partition coefficient (Wildman–Crippen LogP) is 1.85. The smallest absolute Gasteiger partial charge is 0.227 e. The number of nitrogens with one attached hydrogen (secondary N) is 1. The largest absolute Gasteiger partial charge is 0.355 e. The summed E-state index contributed by atoms with van der Waals surface area (Å²) < 4.78 is 0. The highest BCUT2D eigenvalue weighted by Crippen LogP contribution is 2.38. The topological polar surface area (TPSA) is 58.4 Å². The van der Waals surface area contributed by atoms with Gasteiger partial charge in [0.15, 0.2) is 0 Å². The van der Waals surface area contributed by atoms with Gasteiger partial charge in [0, 0.05) is 19.6 Å². The second-order valence-corrected chi connectivity index (χ2v) is 7.75. The first kappa shape index (κ1) is 17.4. The van der Waals surface area contributed by atoms with Crippen LogP contribution in [0, 0.1) is 16.7 Å². The minimum Gasteiger partial charge on any atom is -0.355 e. The van der Waals surface area contributed by atoms with E-state index in [1.807, 2.05) is 0 Å². The van der Waals surface area contributed by atoms with Crippen molar-refractivity contribution in [3.8, 4) is 0 Å². The molecule has 0 unspecified atom stereocenters. The summed E-state index contributed by atoms with van der Waals surface area (Å²) >= 11 is 0. The average molecular weight is 283 g/mol. The molecule has 1 saturated carbocycles. The van der Waals surface area contributed by atoms with E-state index in [1.54, 1.807) is 0 Å². The number of nitrogens with zero attached hydrogens (tertiary/aromatic N) is 1. The molecule has 0 aromatic carbocycles. The number of carbonyl (C=O) groups excluding carboxylic acids is 1. The van der Waals surface area contributed by atoms with E-state index in [2.05, 4.69) is 45.1 Å². The van der Waals surface area contributed by atoms with Gasteiger partial charge in [0.05, 0.1) is 5.41 Å². The fourth-order valence-electron chi connectivity index (χ4n) is 3.26. The second-order valence-electron chi connectivity index (χ2n) is 7.75. The van der Waals surface area contributed by atoms with E-state index in [0.29, 0.717) is 13.1 Å². The number of hydrogen-bond donors (Lipinski definition) is 2. The molecule has 0 heterocycles. The van der Waals surface area contributed by atoms with Crippen LogP contribution >= 0.6 is 0 Å². The maximum Gasteiger partial charge on any atom is 0.227 e. The molecule has 0 bridgehead atoms. The Morgan fingerprint density at radius 1 is 1.35 bits per heavy atom. The monoisotopic (exact) mass is 283 g/mol. The van der Waals surface area contributed by atoms with Gasteiger partial charge in [-0.3, -0.25) is 4.79 Å². The van der Waals surface area contributed by atoms with Crippen molar-refractivity contribution in [2.24, 2.45) is 22.5 Å². The Kier molecular flexibility index (Phi) is 6.02. The van der Waals surface area contributed by atoms with Crippen LogP contribution in [0.4, 0.5) is 0 Å². The summed E-state index contributed by atoms with van der Waals surface area (Å²) in [6.45, 7) is 8.77. The Morgan fingerprint density at radius 2 is 1.90 bits per heavy atom.